The van der Waals surface area contributed by atoms with Gasteiger partial charge in [-0.3, -0.25) is 19.2 Å². The molecule has 0 bridgehead atoms. The fraction of sp³-hybridized carbons (Fsp3) is 0.412. The molecule has 47 heavy (non-hydrogen) atoms. The SMILES string of the molecule is CCOC(=O)CCC(=O)c1cc2cc(OCCCOc3cc4cc(C(=O)N(C)CCC(=O)OCC)sc4cc3OC)c(OC)cc2s1. The van der Waals surface area contributed by atoms with Gasteiger partial charge in [0.1, 0.15) is 0 Å². The Kier molecular flexibility index (Phi) is 12.8. The zero-order valence-electron chi connectivity index (χ0n) is 27.2. The number of hydrogen-bond acceptors (Lipinski definition) is 12. The van der Waals surface area contributed by atoms with Crippen molar-refractivity contribution in [2.24, 2.45) is 0 Å². The summed E-state index contributed by atoms with van der Waals surface area (Å²) >= 11 is 2.69. The van der Waals surface area contributed by atoms with E-state index in [0.29, 0.717) is 59.0 Å². The second kappa shape index (κ2) is 17.0. The first-order valence-electron chi connectivity index (χ1n) is 15.3. The van der Waals surface area contributed by atoms with Crippen molar-refractivity contribution in [1.82, 2.24) is 4.90 Å². The quantitative estimate of drug-likeness (QED) is 0.0648. The molecule has 0 atom stereocenters. The molecule has 2 aromatic heterocycles. The molecule has 11 nitrogen and oxygen atoms in total. The predicted molar refractivity (Wildman–Crippen MR) is 181 cm³/mol. The van der Waals surface area contributed by atoms with E-state index in [-0.39, 0.29) is 56.0 Å². The summed E-state index contributed by atoms with van der Waals surface area (Å²) in [4.78, 5) is 51.6. The van der Waals surface area contributed by atoms with Gasteiger partial charge in [-0.25, -0.2) is 0 Å². The molecule has 252 valence electrons. The van der Waals surface area contributed by atoms with E-state index in [0.717, 1.165) is 20.2 Å². The van der Waals surface area contributed by atoms with E-state index in [1.54, 1.807) is 41.2 Å². The highest BCUT2D eigenvalue weighted by Gasteiger charge is 2.19. The van der Waals surface area contributed by atoms with E-state index in [1.165, 1.54) is 27.6 Å². The molecule has 4 rings (SSSR count). The third kappa shape index (κ3) is 9.35. The highest BCUT2D eigenvalue weighted by molar-refractivity contribution is 7.21. The average molecular weight is 686 g/mol. The van der Waals surface area contributed by atoms with Crippen LogP contribution < -0.4 is 18.9 Å². The zero-order valence-corrected chi connectivity index (χ0v) is 28.8. The van der Waals surface area contributed by atoms with Crippen LogP contribution in [0.2, 0.25) is 0 Å². The Morgan fingerprint density at radius 2 is 1.17 bits per heavy atom. The number of fused-ring (bicyclic) bond motifs is 2. The number of Topliss-reactive ketones (excluding diaryl/α,β-unsaturated/α-hetero) is 1. The number of ketones is 1. The number of carbonyl (C=O) groups is 4. The van der Waals surface area contributed by atoms with E-state index in [1.807, 2.05) is 30.3 Å². The summed E-state index contributed by atoms with van der Waals surface area (Å²) in [5, 5.41) is 1.69. The molecule has 0 saturated heterocycles. The van der Waals surface area contributed by atoms with Crippen molar-refractivity contribution in [3.63, 3.8) is 0 Å². The Morgan fingerprint density at radius 1 is 0.660 bits per heavy atom. The van der Waals surface area contributed by atoms with Crippen molar-refractivity contribution >= 4 is 66.5 Å². The van der Waals surface area contributed by atoms with Crippen LogP contribution in [0, 0.1) is 0 Å². The van der Waals surface area contributed by atoms with Crippen LogP contribution in [0.25, 0.3) is 20.2 Å². The van der Waals surface area contributed by atoms with Gasteiger partial charge in [-0.15, -0.1) is 22.7 Å². The van der Waals surface area contributed by atoms with Gasteiger partial charge in [-0.1, -0.05) is 0 Å². The monoisotopic (exact) mass is 685 g/mol. The summed E-state index contributed by atoms with van der Waals surface area (Å²) in [6.45, 7) is 5.02. The zero-order chi connectivity index (χ0) is 33.9. The molecule has 0 saturated carbocycles. The molecular weight excluding hydrogens is 647 g/mol. The fourth-order valence-corrected chi connectivity index (χ4v) is 6.77. The Bertz CT molecular complexity index is 1730. The van der Waals surface area contributed by atoms with Crippen LogP contribution in [-0.4, -0.2) is 82.8 Å². The minimum absolute atomic E-state index is 0.0474. The number of benzene rings is 2. The van der Waals surface area contributed by atoms with Crippen molar-refractivity contribution in [3.8, 4) is 23.0 Å². The fourth-order valence-electron chi connectivity index (χ4n) is 4.66. The van der Waals surface area contributed by atoms with Crippen molar-refractivity contribution in [1.29, 1.82) is 0 Å². The molecule has 0 aliphatic carbocycles. The number of amides is 1. The molecule has 0 radical (unpaired) electrons. The topological polar surface area (TPSA) is 127 Å². The van der Waals surface area contributed by atoms with Gasteiger partial charge in [0.15, 0.2) is 28.8 Å². The van der Waals surface area contributed by atoms with Gasteiger partial charge in [0.2, 0.25) is 0 Å². The smallest absolute Gasteiger partial charge is 0.307 e. The van der Waals surface area contributed by atoms with Gasteiger partial charge in [0, 0.05) is 48.0 Å². The van der Waals surface area contributed by atoms with Gasteiger partial charge >= 0.3 is 11.9 Å². The maximum absolute atomic E-state index is 13.0. The van der Waals surface area contributed by atoms with E-state index >= 15 is 0 Å². The summed E-state index contributed by atoms with van der Waals surface area (Å²) in [6, 6.07) is 11.0. The summed E-state index contributed by atoms with van der Waals surface area (Å²) in [5.74, 6) is 1.17. The van der Waals surface area contributed by atoms with Gasteiger partial charge in [0.25, 0.3) is 5.91 Å². The number of rotatable bonds is 18. The molecule has 0 fully saturated rings. The first-order chi connectivity index (χ1) is 22.7. The molecular formula is C34H39NO10S2. The van der Waals surface area contributed by atoms with Crippen LogP contribution in [0.1, 0.15) is 58.9 Å². The number of carbonyl (C=O) groups excluding carboxylic acids is 4. The van der Waals surface area contributed by atoms with Crippen molar-refractivity contribution in [2.45, 2.75) is 39.5 Å². The number of esters is 2. The van der Waals surface area contributed by atoms with Crippen molar-refractivity contribution in [3.05, 3.63) is 46.2 Å². The normalized spacial score (nSPS) is 10.9. The van der Waals surface area contributed by atoms with Gasteiger partial charge < -0.3 is 33.3 Å². The van der Waals surface area contributed by atoms with Crippen LogP contribution in [0.4, 0.5) is 0 Å². The Balaban J connectivity index is 1.34. The van der Waals surface area contributed by atoms with Crippen molar-refractivity contribution in [2.75, 3.05) is 54.2 Å². The molecule has 1 amide bonds. The van der Waals surface area contributed by atoms with Gasteiger partial charge in [0.05, 0.1) is 63.2 Å². The third-order valence-electron chi connectivity index (χ3n) is 7.06. The Labute approximate surface area is 281 Å². The second-order valence-electron chi connectivity index (χ2n) is 10.4. The molecule has 0 aliphatic rings. The predicted octanol–water partition coefficient (Wildman–Crippen LogP) is 6.53. The molecule has 4 aromatic rings. The number of thiophene rings is 2. The summed E-state index contributed by atoms with van der Waals surface area (Å²) < 4.78 is 34.8. The van der Waals surface area contributed by atoms with Gasteiger partial charge in [-0.05, 0) is 48.9 Å². The number of ether oxygens (including phenoxy) is 6. The molecule has 2 heterocycles. The Morgan fingerprint density at radius 3 is 1.70 bits per heavy atom. The van der Waals surface area contributed by atoms with Crippen LogP contribution in [0.15, 0.2) is 36.4 Å². The Hall–Kier alpha value is -4.36. The lowest BCUT2D eigenvalue weighted by molar-refractivity contribution is -0.144. The lowest BCUT2D eigenvalue weighted by Crippen LogP contribution is -2.28. The minimum atomic E-state index is -0.386. The standard InChI is InChI=1S/C34H39NO10S2/c1-6-42-32(37)10-9-23(36)30-17-21-15-26(24(40-4)19-28(21)46-30)44-13-8-14-45-27-16-22-18-31(47-29(22)20-25(27)41-5)34(39)35(3)12-11-33(38)43-7-2/h15-20H,6-14H2,1-5H3. The molecule has 0 N–H and O–H groups in total. The molecule has 0 aliphatic heterocycles. The summed E-state index contributed by atoms with van der Waals surface area (Å²) in [7, 11) is 4.78. The third-order valence-corrected chi connectivity index (χ3v) is 9.28. The van der Waals surface area contributed by atoms with Crippen LogP contribution >= 0.6 is 22.7 Å². The lowest BCUT2D eigenvalue weighted by atomic mass is 10.1. The van der Waals surface area contributed by atoms with Crippen molar-refractivity contribution < 1.29 is 47.6 Å². The summed E-state index contributed by atoms with van der Waals surface area (Å²) in [6.07, 6.45) is 0.827. The average Bonchev–Trinajstić information content (AvgIpc) is 3.68. The molecule has 0 unspecified atom stereocenters. The highest BCUT2D eigenvalue weighted by atomic mass is 32.1. The maximum Gasteiger partial charge on any atom is 0.307 e. The van der Waals surface area contributed by atoms with E-state index in [9.17, 15) is 19.2 Å². The largest absolute Gasteiger partial charge is 0.493 e. The van der Waals surface area contributed by atoms with Crippen LogP contribution in [0.3, 0.4) is 0 Å². The molecule has 13 heteroatoms. The summed E-state index contributed by atoms with van der Waals surface area (Å²) in [5.41, 5.74) is 0. The first-order valence-corrected chi connectivity index (χ1v) is 16.9. The number of hydrogen-bond donors (Lipinski definition) is 0. The van der Waals surface area contributed by atoms with E-state index < -0.39 is 0 Å². The van der Waals surface area contributed by atoms with Gasteiger partial charge in [-0.2, -0.15) is 0 Å². The number of methoxy groups -OCH3 is 2. The second-order valence-corrected chi connectivity index (χ2v) is 12.5. The number of nitrogens with zero attached hydrogens (tertiary/aromatic N) is 1. The molecule has 0 spiro atoms. The maximum atomic E-state index is 13.0. The van der Waals surface area contributed by atoms with E-state index in [4.69, 9.17) is 28.4 Å². The van der Waals surface area contributed by atoms with E-state index in [2.05, 4.69) is 0 Å². The lowest BCUT2D eigenvalue weighted by Gasteiger charge is -2.15. The molecule has 2 aromatic carbocycles. The minimum Gasteiger partial charge on any atom is -0.493 e. The highest BCUT2D eigenvalue weighted by Crippen LogP contribution is 2.38. The van der Waals surface area contributed by atoms with Crippen LogP contribution in [-0.2, 0) is 19.1 Å². The first kappa shape index (κ1) is 35.5. The van der Waals surface area contributed by atoms with Crippen LogP contribution in [0.5, 0.6) is 23.0 Å².